The molecule has 2 aliphatic rings. The minimum absolute atomic E-state index is 0.233. The normalized spacial score (nSPS) is 12.0. The number of carbonyl (C=O) groups is 4. The molecule has 1 aromatic heterocycles. The van der Waals surface area contributed by atoms with E-state index in [0.717, 1.165) is 236 Å². The highest BCUT2D eigenvalue weighted by Gasteiger charge is 2.29. The number of aromatic carboxylic acids is 4. The van der Waals surface area contributed by atoms with E-state index >= 15 is 0 Å². The Bertz CT molecular complexity index is 4760. The van der Waals surface area contributed by atoms with Gasteiger partial charge in [-0.25, -0.2) is 19.2 Å². The van der Waals surface area contributed by atoms with Crippen LogP contribution in [0.2, 0.25) is 0 Å². The van der Waals surface area contributed by atoms with Gasteiger partial charge in [0.15, 0.2) is 23.0 Å². The summed E-state index contributed by atoms with van der Waals surface area (Å²) >= 11 is 0. The average Bonchev–Trinajstić information content (AvgIpc) is 0.998. The number of nitrogens with zero attached hydrogens (tertiary/aromatic N) is 6. The van der Waals surface area contributed by atoms with Crippen molar-refractivity contribution in [3.05, 3.63) is 253 Å². The summed E-state index contributed by atoms with van der Waals surface area (Å²) < 4.78 is 31.0. The molecule has 1 aliphatic heterocycles. The van der Waals surface area contributed by atoms with Crippen LogP contribution >= 0.6 is 0 Å². The number of benzene rings is 9. The van der Waals surface area contributed by atoms with Gasteiger partial charge in [-0.05, 0) is 186 Å². The van der Waals surface area contributed by atoms with Crippen LogP contribution in [0.5, 0.6) is 46.0 Å². The molecule has 0 unspecified atom stereocenters. The standard InChI is InChI=1S/C27H32N2O3.C26H36N2O3.C25H34N2O4.C22H30N2O3.C5H5N/c1-3-5-17-29(18-6-4-2)25-20-21(27(30)31)19-24(28-22-13-9-7-10-14-22)26(25)32-23-15-11-8-12-16-23;1-3-5-16-28(17-6-4-2)24-19-20(26(29)30)18-23(27-21-12-10-11-13-21)25(24)31-22-14-8-7-9-15-22;1-3-5-12-26(13-6-4-2)22-18-20(25(28)29)19-23(27-14-16-30-17-15-27)24(22)31-21-10-8-7-9-11-21;1-4-6-13-24(14-7-5-2)20-16-17(22(25)26)15-19(23-3)21(20)27-18-11-9-8-10-12-18;1-2-4-6-5-3-1/h7-16,19-20,28H,3-6,17-18H2,1-2H3,(H,30,31);7-9,14-15,18-19,21,27H,3-6,10-13,16-17H2,1-2H3,(H,29,30);7-11,18-19H,3-6,12-17H2,1-2H3,(H,28,29);8-12,15-16,23H,4-7,13-14H2,1-3H3,(H,25,26);1-5H. The number of carboxylic acids is 4. The van der Waals surface area contributed by atoms with E-state index in [1.54, 1.807) is 68.0 Å². The van der Waals surface area contributed by atoms with Crippen LogP contribution in [-0.4, -0.2) is 141 Å². The predicted octanol–water partition coefficient (Wildman–Crippen LogP) is 26.4. The Morgan fingerprint density at radius 3 is 0.961 bits per heavy atom. The topological polar surface area (TPSA) is 261 Å². The number of nitrogens with one attached hydrogen (secondary N) is 3. The molecule has 2 heterocycles. The smallest absolute Gasteiger partial charge is 0.335 e. The van der Waals surface area contributed by atoms with Gasteiger partial charge in [0.25, 0.3) is 0 Å². The number of anilines is 9. The molecule has 1 aliphatic carbocycles. The molecule has 1 saturated carbocycles. The molecular weight excluding hydrogens is 1600 g/mol. The van der Waals surface area contributed by atoms with Gasteiger partial charge in [0.05, 0.1) is 81.0 Å². The Hall–Kier alpha value is -12.4. The fraction of sp³-hybridized carbons (Fsp3) is 0.400. The van der Waals surface area contributed by atoms with Crippen LogP contribution in [0.4, 0.5) is 51.2 Å². The van der Waals surface area contributed by atoms with Crippen LogP contribution < -0.4 is 59.4 Å². The van der Waals surface area contributed by atoms with Gasteiger partial charge in [-0.15, -0.1) is 0 Å². The minimum atomic E-state index is -0.959. The maximum atomic E-state index is 12.0. The maximum absolute atomic E-state index is 12.0. The molecule has 0 spiro atoms. The summed E-state index contributed by atoms with van der Waals surface area (Å²) in [5.74, 6) is 1.96. The number of aromatic nitrogens is 1. The molecule has 0 radical (unpaired) electrons. The second-order valence-electron chi connectivity index (χ2n) is 31.6. The van der Waals surface area contributed by atoms with E-state index in [1.165, 1.54) is 12.8 Å². The number of para-hydroxylation sites is 5. The van der Waals surface area contributed by atoms with Crippen molar-refractivity contribution in [2.24, 2.45) is 0 Å². The second-order valence-corrected chi connectivity index (χ2v) is 31.6. The van der Waals surface area contributed by atoms with Crippen molar-refractivity contribution in [1.29, 1.82) is 0 Å². The molecule has 9 aromatic carbocycles. The highest BCUT2D eigenvalue weighted by molar-refractivity contribution is 5.96. The number of hydrogen-bond donors (Lipinski definition) is 7. The first-order chi connectivity index (χ1) is 62.0. The fourth-order valence-electron chi connectivity index (χ4n) is 14.6. The molecule has 2 fully saturated rings. The first-order valence-corrected chi connectivity index (χ1v) is 46.0. The molecule has 1 saturated heterocycles. The van der Waals surface area contributed by atoms with Crippen LogP contribution in [-0.2, 0) is 4.74 Å². The zero-order valence-electron chi connectivity index (χ0n) is 76.3. The van der Waals surface area contributed by atoms with Crippen molar-refractivity contribution in [3.63, 3.8) is 0 Å². The molecule has 0 amide bonds. The summed E-state index contributed by atoms with van der Waals surface area (Å²) in [5, 5.41) is 49.2. The van der Waals surface area contributed by atoms with E-state index in [9.17, 15) is 39.6 Å². The van der Waals surface area contributed by atoms with E-state index < -0.39 is 23.9 Å². The number of pyridine rings is 1. The van der Waals surface area contributed by atoms with Crippen molar-refractivity contribution in [3.8, 4) is 46.0 Å². The molecule has 12 rings (SSSR count). The molecule has 10 aromatic rings. The molecule has 127 heavy (non-hydrogen) atoms. The lowest BCUT2D eigenvalue weighted by Gasteiger charge is -2.34. The monoisotopic (exact) mass is 1730 g/mol. The second kappa shape index (κ2) is 56.5. The van der Waals surface area contributed by atoms with Crippen molar-refractivity contribution in [1.82, 2.24) is 4.98 Å². The van der Waals surface area contributed by atoms with E-state index in [4.69, 9.17) is 23.7 Å². The lowest BCUT2D eigenvalue weighted by molar-refractivity contribution is 0.0686. The highest BCUT2D eigenvalue weighted by Crippen LogP contribution is 2.47. The summed E-state index contributed by atoms with van der Waals surface area (Å²) in [6.07, 6.45) is 25.0. The third kappa shape index (κ3) is 33.1. The van der Waals surface area contributed by atoms with Crippen LogP contribution in [0.25, 0.3) is 0 Å². The average molecular weight is 1730 g/mol. The molecule has 7 N–H and O–H groups in total. The van der Waals surface area contributed by atoms with Gasteiger partial charge in [0.2, 0.25) is 0 Å². The Balaban J connectivity index is 0.000000205. The zero-order valence-corrected chi connectivity index (χ0v) is 76.3. The van der Waals surface area contributed by atoms with Crippen LogP contribution in [0.15, 0.2) is 231 Å². The number of ether oxygens (including phenoxy) is 5. The minimum Gasteiger partial charge on any atom is -0.478 e. The van der Waals surface area contributed by atoms with Crippen molar-refractivity contribution in [2.45, 2.75) is 190 Å². The van der Waals surface area contributed by atoms with E-state index in [-0.39, 0.29) is 16.7 Å². The largest absolute Gasteiger partial charge is 0.478 e. The molecule has 0 bridgehead atoms. The third-order valence-corrected chi connectivity index (χ3v) is 21.7. The summed E-state index contributed by atoms with van der Waals surface area (Å²) in [5.41, 5.74) is 8.20. The number of unbranched alkanes of at least 4 members (excludes halogenated alkanes) is 8. The van der Waals surface area contributed by atoms with Crippen molar-refractivity contribution >= 4 is 75.1 Å². The van der Waals surface area contributed by atoms with Crippen molar-refractivity contribution < 1.29 is 63.3 Å². The van der Waals surface area contributed by atoms with Gasteiger partial charge in [-0.2, -0.15) is 0 Å². The molecule has 680 valence electrons. The molecule has 0 atom stereocenters. The lowest BCUT2D eigenvalue weighted by Crippen LogP contribution is -2.37. The zero-order chi connectivity index (χ0) is 90.8. The van der Waals surface area contributed by atoms with Crippen LogP contribution in [0.1, 0.15) is 225 Å². The first kappa shape index (κ1) is 100.0. The first-order valence-electron chi connectivity index (χ1n) is 46.0. The Kier molecular flexibility index (Phi) is 44.5. The Labute approximate surface area is 754 Å². The fourth-order valence-corrected chi connectivity index (χ4v) is 14.6. The summed E-state index contributed by atoms with van der Waals surface area (Å²) in [6.45, 7) is 26.9. The maximum Gasteiger partial charge on any atom is 0.335 e. The van der Waals surface area contributed by atoms with E-state index in [0.29, 0.717) is 66.5 Å². The highest BCUT2D eigenvalue weighted by atomic mass is 16.5. The molecule has 22 nitrogen and oxygen atoms in total. The van der Waals surface area contributed by atoms with Gasteiger partial charge in [-0.3, -0.25) is 4.98 Å². The van der Waals surface area contributed by atoms with Gasteiger partial charge in [0.1, 0.15) is 23.0 Å². The molecular formula is C105H137N9O13. The SMILES string of the molecule is CCCCN(CCCC)c1cc(C(=O)O)cc(N2CCOCC2)c1Oc1ccccc1.CCCCN(CCCC)c1cc(C(=O)O)cc(NC)c1Oc1ccccc1.CCCCN(CCCC)c1cc(C(=O)O)cc(NC2CCCC2)c1Oc1ccccc1.CCCCN(CCCC)c1cc(C(=O)O)cc(Nc2ccccc2)c1Oc1ccccc1.c1ccncc1. The number of rotatable bonds is 46. The van der Waals surface area contributed by atoms with Gasteiger partial charge >= 0.3 is 23.9 Å². The lowest BCUT2D eigenvalue weighted by atomic mass is 10.1. The van der Waals surface area contributed by atoms with E-state index in [2.05, 4.69) is 101 Å². The van der Waals surface area contributed by atoms with E-state index in [1.807, 2.05) is 170 Å². The number of morpholine rings is 1. The Morgan fingerprint density at radius 2 is 0.654 bits per heavy atom. The van der Waals surface area contributed by atoms with Crippen molar-refractivity contribution in [2.75, 3.05) is 126 Å². The third-order valence-electron chi connectivity index (χ3n) is 21.7. The Morgan fingerprint density at radius 1 is 0.370 bits per heavy atom. The van der Waals surface area contributed by atoms with Gasteiger partial charge in [0, 0.05) is 96.6 Å². The summed E-state index contributed by atoms with van der Waals surface area (Å²) in [4.78, 5) is 62.7. The summed E-state index contributed by atoms with van der Waals surface area (Å²) in [7, 11) is 1.78. The summed E-state index contributed by atoms with van der Waals surface area (Å²) in [6, 6.07) is 68.2. The predicted molar refractivity (Wildman–Crippen MR) is 520 cm³/mol. The van der Waals surface area contributed by atoms with Gasteiger partial charge in [-0.1, -0.05) is 217 Å². The quantitative estimate of drug-likeness (QED) is 0.0187. The van der Waals surface area contributed by atoms with Crippen LogP contribution in [0, 0.1) is 0 Å². The number of carboxylic acid groups (broad SMARTS) is 4. The molecule has 22 heteroatoms. The van der Waals surface area contributed by atoms with Crippen LogP contribution in [0.3, 0.4) is 0 Å². The number of hydrogen-bond acceptors (Lipinski definition) is 18. The van der Waals surface area contributed by atoms with Gasteiger partial charge < -0.3 is 84.6 Å².